The van der Waals surface area contributed by atoms with Crippen molar-refractivity contribution in [1.82, 2.24) is 24.5 Å². The minimum Gasteiger partial charge on any atom is -0.389 e. The lowest BCUT2D eigenvalue weighted by molar-refractivity contribution is 0.200. The number of hydrogen-bond acceptors (Lipinski definition) is 5. The normalized spacial score (nSPS) is 16.6. The van der Waals surface area contributed by atoms with Crippen LogP contribution >= 0.6 is 0 Å². The summed E-state index contributed by atoms with van der Waals surface area (Å²) in [6.07, 6.45) is 5.04. The topological polar surface area (TPSA) is 93.2 Å². The summed E-state index contributed by atoms with van der Waals surface area (Å²) in [5.41, 5.74) is 7.30. The van der Waals surface area contributed by atoms with E-state index in [-0.39, 0.29) is 0 Å². The predicted octanol–water partition coefficient (Wildman–Crippen LogP) is 4.76. The summed E-state index contributed by atoms with van der Waals surface area (Å²) >= 11 is 0. The molecule has 1 atom stereocenters. The van der Waals surface area contributed by atoms with Gasteiger partial charge in [-0.05, 0) is 74.0 Å². The minimum absolute atomic E-state index is 0.322. The zero-order chi connectivity index (χ0) is 23.1. The number of aromatic amines is 1. The molecule has 3 aromatic heterocycles. The van der Waals surface area contributed by atoms with Crippen molar-refractivity contribution in [2.75, 3.05) is 19.6 Å². The molecule has 4 aromatic rings. The fourth-order valence-electron chi connectivity index (χ4n) is 5.23. The van der Waals surface area contributed by atoms with Gasteiger partial charge in [0.15, 0.2) is 5.65 Å². The molecular formula is C26H30N6O. The van der Waals surface area contributed by atoms with Gasteiger partial charge in [-0.3, -0.25) is 4.90 Å². The summed E-state index contributed by atoms with van der Waals surface area (Å²) in [5.74, 6) is 0.846. The van der Waals surface area contributed by atoms with Crippen LogP contribution in [-0.2, 0) is 0 Å². The maximum Gasteiger partial charge on any atom is 0.161 e. The zero-order valence-corrected chi connectivity index (χ0v) is 19.4. The van der Waals surface area contributed by atoms with Crippen molar-refractivity contribution in [2.45, 2.75) is 51.6 Å². The Morgan fingerprint density at radius 1 is 1.21 bits per heavy atom. The van der Waals surface area contributed by atoms with E-state index in [0.29, 0.717) is 24.0 Å². The Kier molecular flexibility index (Phi) is 5.65. The Morgan fingerprint density at radius 3 is 2.70 bits per heavy atom. The van der Waals surface area contributed by atoms with E-state index in [1.807, 2.05) is 12.3 Å². The number of pyridine rings is 1. The third kappa shape index (κ3) is 3.90. The van der Waals surface area contributed by atoms with Gasteiger partial charge < -0.3 is 10.1 Å². The van der Waals surface area contributed by atoms with Gasteiger partial charge in [0.1, 0.15) is 6.33 Å². The zero-order valence-electron chi connectivity index (χ0n) is 19.4. The molecule has 33 heavy (non-hydrogen) atoms. The van der Waals surface area contributed by atoms with Crippen molar-refractivity contribution in [1.29, 1.82) is 5.26 Å². The fraction of sp³-hybridized carbons (Fsp3) is 0.423. The van der Waals surface area contributed by atoms with Crippen molar-refractivity contribution < 1.29 is 5.11 Å². The molecule has 1 fully saturated rings. The Bertz CT molecular complexity index is 1330. The lowest BCUT2D eigenvalue weighted by Gasteiger charge is -2.30. The number of nitrogens with one attached hydrogen (secondary N) is 1. The second-order valence-electron chi connectivity index (χ2n) is 9.47. The molecule has 0 saturated carbocycles. The molecule has 1 aliphatic rings. The minimum atomic E-state index is -0.637. The molecule has 7 nitrogen and oxygen atoms in total. The first-order valence-electron chi connectivity index (χ1n) is 11.7. The lowest BCUT2D eigenvalue weighted by Crippen LogP contribution is -2.33. The van der Waals surface area contributed by atoms with Gasteiger partial charge in [0.2, 0.25) is 0 Å². The van der Waals surface area contributed by atoms with Crippen LogP contribution in [0.1, 0.15) is 68.2 Å². The molecule has 7 heteroatoms. The SMILES string of the molecule is CC(C)c1c(-c2cc(C(C)O)c3ncnn3c2)[nH]c2ccc(C3CCN(CC#N)CC3)cc12. The van der Waals surface area contributed by atoms with Gasteiger partial charge in [-0.15, -0.1) is 0 Å². The molecule has 0 amide bonds. The quantitative estimate of drug-likeness (QED) is 0.435. The second kappa shape index (κ2) is 8.62. The Morgan fingerprint density at radius 2 is 2.00 bits per heavy atom. The average molecular weight is 443 g/mol. The van der Waals surface area contributed by atoms with Gasteiger partial charge in [-0.25, -0.2) is 9.50 Å². The number of fused-ring (bicyclic) bond motifs is 2. The molecule has 4 heterocycles. The number of nitriles is 1. The van der Waals surface area contributed by atoms with E-state index in [2.05, 4.69) is 58.1 Å². The number of rotatable bonds is 5. The largest absolute Gasteiger partial charge is 0.389 e. The van der Waals surface area contributed by atoms with Gasteiger partial charge in [0.05, 0.1) is 24.4 Å². The van der Waals surface area contributed by atoms with Crippen molar-refractivity contribution in [3.8, 4) is 17.3 Å². The Hall–Kier alpha value is -3.21. The van der Waals surface area contributed by atoms with Gasteiger partial charge >= 0.3 is 0 Å². The van der Waals surface area contributed by atoms with Crippen LogP contribution in [0.4, 0.5) is 0 Å². The van der Waals surface area contributed by atoms with Crippen LogP contribution in [0.15, 0.2) is 36.8 Å². The van der Waals surface area contributed by atoms with Crippen LogP contribution in [0, 0.1) is 11.3 Å². The first-order chi connectivity index (χ1) is 16.0. The molecule has 5 rings (SSSR count). The summed E-state index contributed by atoms with van der Waals surface area (Å²) in [7, 11) is 0. The van der Waals surface area contributed by atoms with Crippen LogP contribution in [0.2, 0.25) is 0 Å². The van der Waals surface area contributed by atoms with Crippen molar-refractivity contribution in [3.63, 3.8) is 0 Å². The predicted molar refractivity (Wildman–Crippen MR) is 129 cm³/mol. The third-order valence-corrected chi connectivity index (χ3v) is 6.94. The van der Waals surface area contributed by atoms with E-state index in [0.717, 1.165) is 48.3 Å². The fourth-order valence-corrected chi connectivity index (χ4v) is 5.23. The third-order valence-electron chi connectivity index (χ3n) is 6.94. The van der Waals surface area contributed by atoms with Crippen LogP contribution in [-0.4, -0.2) is 49.2 Å². The highest BCUT2D eigenvalue weighted by Gasteiger charge is 2.23. The molecule has 0 radical (unpaired) electrons. The van der Waals surface area contributed by atoms with Crippen molar-refractivity contribution in [2.24, 2.45) is 0 Å². The smallest absolute Gasteiger partial charge is 0.161 e. The Labute approximate surface area is 193 Å². The van der Waals surface area contributed by atoms with E-state index < -0.39 is 6.10 Å². The number of aliphatic hydroxyl groups excluding tert-OH is 1. The van der Waals surface area contributed by atoms with E-state index in [1.54, 1.807) is 11.4 Å². The van der Waals surface area contributed by atoms with Crippen LogP contribution in [0.5, 0.6) is 0 Å². The Balaban J connectivity index is 1.58. The van der Waals surface area contributed by atoms with E-state index in [1.165, 1.54) is 22.8 Å². The molecule has 0 spiro atoms. The summed E-state index contributed by atoms with van der Waals surface area (Å²) in [4.78, 5) is 10.2. The average Bonchev–Trinajstić information content (AvgIpc) is 3.43. The standard InChI is InChI=1S/C26H30N6O/c1-16(2)24-22-12-19(18-6-9-31(10-7-18)11-8-27)4-5-23(22)30-25(24)20-13-21(17(3)33)26-28-15-29-32(26)14-20/h4-5,12-18,30,33H,6-7,9-11H2,1-3H3. The maximum atomic E-state index is 10.4. The summed E-state index contributed by atoms with van der Waals surface area (Å²) in [6, 6.07) is 11.1. The monoisotopic (exact) mass is 442 g/mol. The molecule has 1 aliphatic heterocycles. The highest BCUT2D eigenvalue weighted by atomic mass is 16.3. The van der Waals surface area contributed by atoms with Gasteiger partial charge in [0, 0.05) is 28.2 Å². The van der Waals surface area contributed by atoms with E-state index in [4.69, 9.17) is 5.26 Å². The first kappa shape index (κ1) is 21.6. The highest BCUT2D eigenvalue weighted by Crippen LogP contribution is 2.39. The van der Waals surface area contributed by atoms with Crippen molar-refractivity contribution in [3.05, 3.63) is 53.5 Å². The van der Waals surface area contributed by atoms with E-state index in [9.17, 15) is 5.11 Å². The first-order valence-corrected chi connectivity index (χ1v) is 11.7. The molecule has 1 saturated heterocycles. The molecule has 1 aromatic carbocycles. The summed E-state index contributed by atoms with van der Waals surface area (Å²) in [5, 5.41) is 24.9. The number of benzene rings is 1. The van der Waals surface area contributed by atoms with E-state index >= 15 is 0 Å². The number of piperidine rings is 1. The number of aromatic nitrogens is 4. The molecule has 0 bridgehead atoms. The van der Waals surface area contributed by atoms with Gasteiger partial charge in [-0.1, -0.05) is 19.9 Å². The van der Waals surface area contributed by atoms with Crippen LogP contribution in [0.25, 0.3) is 27.8 Å². The molecule has 2 N–H and O–H groups in total. The van der Waals surface area contributed by atoms with Gasteiger partial charge in [0.25, 0.3) is 0 Å². The van der Waals surface area contributed by atoms with Gasteiger partial charge in [-0.2, -0.15) is 10.4 Å². The molecule has 170 valence electrons. The number of nitrogens with zero attached hydrogens (tertiary/aromatic N) is 5. The number of hydrogen-bond donors (Lipinski definition) is 2. The lowest BCUT2D eigenvalue weighted by atomic mass is 9.87. The summed E-state index contributed by atoms with van der Waals surface area (Å²) < 4.78 is 1.74. The molecule has 0 aliphatic carbocycles. The maximum absolute atomic E-state index is 10.4. The number of likely N-dealkylation sites (tertiary alicyclic amines) is 1. The van der Waals surface area contributed by atoms with Crippen LogP contribution < -0.4 is 0 Å². The van der Waals surface area contributed by atoms with Crippen LogP contribution in [0.3, 0.4) is 0 Å². The second-order valence-corrected chi connectivity index (χ2v) is 9.47. The number of H-pyrrole nitrogens is 1. The molecule has 1 unspecified atom stereocenters. The molecular weight excluding hydrogens is 412 g/mol. The summed E-state index contributed by atoms with van der Waals surface area (Å²) in [6.45, 7) is 8.69. The number of aliphatic hydroxyl groups is 1. The highest BCUT2D eigenvalue weighted by molar-refractivity contribution is 5.92. The van der Waals surface area contributed by atoms with Crippen molar-refractivity contribution >= 4 is 16.6 Å².